The maximum Gasteiger partial charge on any atom is 0.206 e. The number of nitrogens with one attached hydrogen (secondary N) is 2. The second kappa shape index (κ2) is 4.84. The van der Waals surface area contributed by atoms with Crippen LogP contribution in [0.5, 0.6) is 0 Å². The van der Waals surface area contributed by atoms with E-state index in [9.17, 15) is 0 Å². The Balaban J connectivity index is 1.97. The Morgan fingerprint density at radius 3 is 2.81 bits per heavy atom. The number of nitrogens with zero attached hydrogens (tertiary/aromatic N) is 1. The normalized spacial score (nSPS) is 18.3. The van der Waals surface area contributed by atoms with Gasteiger partial charge in [-0.05, 0) is 38.8 Å². The topological polar surface area (TPSA) is 62.4 Å². The first-order valence-corrected chi connectivity index (χ1v) is 6.38. The van der Waals surface area contributed by atoms with Crippen LogP contribution in [0.3, 0.4) is 0 Å². The van der Waals surface area contributed by atoms with Crippen LogP contribution >= 0.6 is 11.3 Å². The minimum atomic E-state index is 0.243. The zero-order chi connectivity index (χ0) is 11.5. The van der Waals surface area contributed by atoms with Gasteiger partial charge < -0.3 is 5.32 Å². The van der Waals surface area contributed by atoms with Gasteiger partial charge in [0.05, 0.1) is 12.1 Å². The molecule has 0 aromatic carbocycles. The smallest absolute Gasteiger partial charge is 0.206 e. The van der Waals surface area contributed by atoms with Crippen LogP contribution in [-0.2, 0) is 0 Å². The Hall–Kier alpha value is -1.07. The zero-order valence-electron chi connectivity index (χ0n) is 9.66. The van der Waals surface area contributed by atoms with Crippen molar-refractivity contribution < 1.29 is 0 Å². The van der Waals surface area contributed by atoms with Crippen molar-refractivity contribution >= 4 is 17.3 Å². The predicted octanol–water partition coefficient (Wildman–Crippen LogP) is 1.69. The Morgan fingerprint density at radius 1 is 1.56 bits per heavy atom. The highest BCUT2D eigenvalue weighted by atomic mass is 32.1. The largest absolute Gasteiger partial charge is 0.348 e. The van der Waals surface area contributed by atoms with E-state index < -0.39 is 0 Å². The van der Waals surface area contributed by atoms with Gasteiger partial charge in [-0.2, -0.15) is 0 Å². The van der Waals surface area contributed by atoms with Gasteiger partial charge >= 0.3 is 0 Å². The third kappa shape index (κ3) is 2.96. The Kier molecular flexibility index (Phi) is 3.46. The van der Waals surface area contributed by atoms with Crippen LogP contribution in [-0.4, -0.2) is 12.0 Å². The quantitative estimate of drug-likeness (QED) is 0.325. The van der Waals surface area contributed by atoms with Crippen LogP contribution in [0.2, 0.25) is 0 Å². The summed E-state index contributed by atoms with van der Waals surface area (Å²) in [4.78, 5) is 7.08. The summed E-state index contributed by atoms with van der Waals surface area (Å²) in [6.07, 6.45) is 2.36. The van der Waals surface area contributed by atoms with E-state index in [1.54, 1.807) is 11.3 Å². The molecular weight excluding hydrogens is 220 g/mol. The van der Waals surface area contributed by atoms with Crippen molar-refractivity contribution in [2.75, 3.05) is 0 Å². The van der Waals surface area contributed by atoms with Gasteiger partial charge in [-0.1, -0.05) is 0 Å². The van der Waals surface area contributed by atoms with Crippen LogP contribution in [0, 0.1) is 6.92 Å². The number of hydrazine groups is 1. The highest BCUT2D eigenvalue weighted by Crippen LogP contribution is 2.24. The Labute approximate surface area is 99.9 Å². The van der Waals surface area contributed by atoms with E-state index in [0.29, 0.717) is 12.0 Å². The summed E-state index contributed by atoms with van der Waals surface area (Å²) in [7, 11) is 0. The van der Waals surface area contributed by atoms with Crippen LogP contribution in [0.4, 0.5) is 0 Å². The summed E-state index contributed by atoms with van der Waals surface area (Å²) in [5, 5.41) is 3.29. The standard InChI is InChI=1S/C11H18N4S/c1-7-3-6-10(16-7)8(2)13-11(15-12)14-9-4-5-9/h3,6,8-9H,4-5,12H2,1-2H3,(H2,13,14,15). The van der Waals surface area contributed by atoms with Crippen molar-refractivity contribution in [1.29, 1.82) is 0 Å². The molecule has 1 unspecified atom stereocenters. The minimum Gasteiger partial charge on any atom is -0.348 e. The van der Waals surface area contributed by atoms with Gasteiger partial charge in [-0.3, -0.25) is 5.43 Å². The fourth-order valence-electron chi connectivity index (χ4n) is 1.46. The molecule has 16 heavy (non-hydrogen) atoms. The third-order valence-electron chi connectivity index (χ3n) is 2.54. The molecule has 1 aromatic rings. The molecule has 1 aromatic heterocycles. The van der Waals surface area contributed by atoms with E-state index in [-0.39, 0.29) is 6.04 Å². The molecule has 1 aliphatic rings. The molecule has 4 N–H and O–H groups in total. The molecular formula is C11H18N4S. The molecule has 88 valence electrons. The van der Waals surface area contributed by atoms with Crippen molar-refractivity contribution in [1.82, 2.24) is 10.7 Å². The first kappa shape index (κ1) is 11.4. The number of hydrogen-bond acceptors (Lipinski definition) is 3. The monoisotopic (exact) mass is 238 g/mol. The second-order valence-corrected chi connectivity index (χ2v) is 5.49. The lowest BCUT2D eigenvalue weighted by Gasteiger charge is -2.15. The molecule has 0 spiro atoms. The second-order valence-electron chi connectivity index (χ2n) is 4.17. The van der Waals surface area contributed by atoms with Crippen LogP contribution < -0.4 is 16.6 Å². The highest BCUT2D eigenvalue weighted by Gasteiger charge is 2.21. The summed E-state index contributed by atoms with van der Waals surface area (Å²) >= 11 is 1.80. The average molecular weight is 238 g/mol. The van der Waals surface area contributed by atoms with Crippen molar-refractivity contribution in [3.8, 4) is 0 Å². The van der Waals surface area contributed by atoms with E-state index in [1.165, 1.54) is 22.6 Å². The molecule has 4 nitrogen and oxygen atoms in total. The van der Waals surface area contributed by atoms with Crippen molar-refractivity contribution in [2.24, 2.45) is 10.8 Å². The van der Waals surface area contributed by atoms with Gasteiger partial charge in [-0.25, -0.2) is 10.8 Å². The number of rotatable bonds is 3. The fraction of sp³-hybridized carbons (Fsp3) is 0.545. The summed E-state index contributed by atoms with van der Waals surface area (Å²) in [5.41, 5.74) is 2.62. The predicted molar refractivity (Wildman–Crippen MR) is 68.4 cm³/mol. The van der Waals surface area contributed by atoms with Crippen LogP contribution in [0.25, 0.3) is 0 Å². The molecule has 0 radical (unpaired) electrons. The summed E-state index contributed by atoms with van der Waals surface area (Å²) < 4.78 is 0. The Bertz CT molecular complexity index is 381. The van der Waals surface area contributed by atoms with E-state index in [0.717, 1.165) is 0 Å². The van der Waals surface area contributed by atoms with Crippen molar-refractivity contribution in [2.45, 2.75) is 38.8 Å². The van der Waals surface area contributed by atoms with Gasteiger partial charge in [0.2, 0.25) is 5.96 Å². The first-order valence-electron chi connectivity index (χ1n) is 5.56. The Morgan fingerprint density at radius 2 is 2.31 bits per heavy atom. The van der Waals surface area contributed by atoms with E-state index in [4.69, 9.17) is 5.84 Å². The number of hydrogen-bond donors (Lipinski definition) is 3. The van der Waals surface area contributed by atoms with Crippen molar-refractivity contribution in [3.05, 3.63) is 21.9 Å². The average Bonchev–Trinajstić information content (AvgIpc) is 2.97. The van der Waals surface area contributed by atoms with E-state index in [1.807, 2.05) is 0 Å². The molecule has 1 aliphatic carbocycles. The molecule has 5 heteroatoms. The third-order valence-corrected chi connectivity index (χ3v) is 3.72. The number of thiophene rings is 1. The molecule has 1 atom stereocenters. The van der Waals surface area contributed by atoms with Crippen molar-refractivity contribution in [3.63, 3.8) is 0 Å². The molecule has 1 fully saturated rings. The van der Waals surface area contributed by atoms with Gasteiger partial charge in [-0.15, -0.1) is 11.3 Å². The molecule has 1 heterocycles. The molecule has 0 aliphatic heterocycles. The van der Waals surface area contributed by atoms with E-state index >= 15 is 0 Å². The first-order chi connectivity index (χ1) is 7.69. The molecule has 0 bridgehead atoms. The van der Waals surface area contributed by atoms with Crippen LogP contribution in [0.15, 0.2) is 17.1 Å². The SMILES string of the molecule is Cc1ccc(C(C)NC(=NC2CC2)NN)s1. The van der Waals surface area contributed by atoms with Crippen LogP contribution in [0.1, 0.15) is 35.6 Å². The lowest BCUT2D eigenvalue weighted by atomic mass is 10.3. The van der Waals surface area contributed by atoms with Gasteiger partial charge in [0.15, 0.2) is 0 Å². The molecule has 1 saturated carbocycles. The fourth-order valence-corrected chi connectivity index (χ4v) is 2.34. The summed E-state index contributed by atoms with van der Waals surface area (Å²) in [5.74, 6) is 6.14. The maximum absolute atomic E-state index is 5.44. The highest BCUT2D eigenvalue weighted by molar-refractivity contribution is 7.12. The van der Waals surface area contributed by atoms with E-state index in [2.05, 4.69) is 41.7 Å². The molecule has 0 saturated heterocycles. The van der Waals surface area contributed by atoms with Gasteiger partial charge in [0, 0.05) is 9.75 Å². The maximum atomic E-state index is 5.44. The summed E-state index contributed by atoms with van der Waals surface area (Å²) in [6.45, 7) is 4.23. The lowest BCUT2D eigenvalue weighted by Crippen LogP contribution is -2.42. The summed E-state index contributed by atoms with van der Waals surface area (Å²) in [6, 6.07) is 4.98. The minimum absolute atomic E-state index is 0.243. The lowest BCUT2D eigenvalue weighted by molar-refractivity contribution is 0.699. The number of guanidine groups is 1. The van der Waals surface area contributed by atoms with Gasteiger partial charge in [0.25, 0.3) is 0 Å². The molecule has 2 rings (SSSR count). The number of nitrogens with two attached hydrogens (primary N) is 1. The zero-order valence-corrected chi connectivity index (χ0v) is 10.5. The van der Waals surface area contributed by atoms with Gasteiger partial charge in [0.1, 0.15) is 0 Å². The number of aliphatic imine (C=N–C) groups is 1. The molecule has 0 amide bonds. The number of aryl methyl sites for hydroxylation is 1.